The molecule has 8 heteroatoms. The number of nitrogens with zero attached hydrogens (tertiary/aromatic N) is 4. The lowest BCUT2D eigenvalue weighted by atomic mass is 10.0. The molecular formula is C21H20N4O3S. The Morgan fingerprint density at radius 2 is 1.86 bits per heavy atom. The average Bonchev–Trinajstić information content (AvgIpc) is 3.32. The predicted molar refractivity (Wildman–Crippen MR) is 110 cm³/mol. The summed E-state index contributed by atoms with van der Waals surface area (Å²) < 4.78 is 28.2. The van der Waals surface area contributed by atoms with Crippen LogP contribution in [0.5, 0.6) is 5.75 Å². The number of benzene rings is 1. The zero-order valence-electron chi connectivity index (χ0n) is 15.9. The number of phenolic OH excluding ortho intramolecular Hbond substituents is 1. The molecule has 5 rings (SSSR count). The van der Waals surface area contributed by atoms with Gasteiger partial charge in [-0.25, -0.2) is 12.9 Å². The number of hydrogen-bond donors (Lipinski definition) is 1. The lowest BCUT2D eigenvalue weighted by molar-refractivity contribution is 0.475. The number of aromatic hydroxyl groups is 1. The van der Waals surface area contributed by atoms with Crippen LogP contribution in [0, 0.1) is 0 Å². The van der Waals surface area contributed by atoms with Crippen molar-refractivity contribution in [2.24, 2.45) is 7.05 Å². The zero-order chi connectivity index (χ0) is 20.2. The number of sulfone groups is 1. The molecular weight excluding hydrogens is 388 g/mol. The van der Waals surface area contributed by atoms with Crippen molar-refractivity contribution >= 4 is 15.4 Å². The number of hydrogen-bond acceptors (Lipinski definition) is 5. The molecule has 1 aromatic carbocycles. The first kappa shape index (κ1) is 17.9. The van der Waals surface area contributed by atoms with E-state index >= 15 is 0 Å². The molecule has 3 heterocycles. The minimum atomic E-state index is -3.16. The maximum absolute atomic E-state index is 12.4. The van der Waals surface area contributed by atoms with E-state index in [1.54, 1.807) is 27.7 Å². The van der Waals surface area contributed by atoms with Gasteiger partial charge in [0.1, 0.15) is 5.75 Å². The Labute approximate surface area is 168 Å². The van der Waals surface area contributed by atoms with Gasteiger partial charge in [-0.3, -0.25) is 4.68 Å². The van der Waals surface area contributed by atoms with E-state index in [4.69, 9.17) is 0 Å². The summed E-state index contributed by atoms with van der Waals surface area (Å²) in [6.45, 7) is 0. The third-order valence-corrected chi connectivity index (χ3v) is 7.47. The van der Waals surface area contributed by atoms with Crippen molar-refractivity contribution < 1.29 is 13.5 Å². The lowest BCUT2D eigenvalue weighted by Gasteiger charge is -2.07. The van der Waals surface area contributed by atoms with Crippen molar-refractivity contribution in [1.82, 2.24) is 19.4 Å². The SMILES string of the molecule is Cn1cc(-c2ccc3c(-c4cc(O)cc(CS(=O)(=O)C5CC5)c4)cnn3c2)cn1. The van der Waals surface area contributed by atoms with Crippen molar-refractivity contribution in [2.75, 3.05) is 0 Å². The van der Waals surface area contributed by atoms with Crippen molar-refractivity contribution in [1.29, 1.82) is 0 Å². The van der Waals surface area contributed by atoms with Gasteiger partial charge in [0.2, 0.25) is 0 Å². The van der Waals surface area contributed by atoms with Crippen LogP contribution in [0.25, 0.3) is 27.8 Å². The van der Waals surface area contributed by atoms with Gasteiger partial charge in [-0.2, -0.15) is 10.2 Å². The Kier molecular flexibility index (Phi) is 3.99. The molecule has 0 bridgehead atoms. The number of aryl methyl sites for hydroxylation is 1. The third kappa shape index (κ3) is 3.40. The van der Waals surface area contributed by atoms with Gasteiger partial charge in [0.05, 0.1) is 28.9 Å². The highest BCUT2D eigenvalue weighted by Gasteiger charge is 2.35. The summed E-state index contributed by atoms with van der Waals surface area (Å²) in [5.41, 5.74) is 5.04. The van der Waals surface area contributed by atoms with Crippen LogP contribution in [0.4, 0.5) is 0 Å². The van der Waals surface area contributed by atoms with Gasteiger partial charge in [0, 0.05) is 36.1 Å². The van der Waals surface area contributed by atoms with Crippen molar-refractivity contribution in [3.8, 4) is 28.0 Å². The molecule has 1 aliphatic carbocycles. The topological polar surface area (TPSA) is 89.5 Å². The predicted octanol–water partition coefficient (Wildman–Crippen LogP) is 3.18. The summed E-state index contributed by atoms with van der Waals surface area (Å²) in [5, 5.41) is 18.6. The van der Waals surface area contributed by atoms with E-state index in [9.17, 15) is 13.5 Å². The van der Waals surface area contributed by atoms with Crippen molar-refractivity contribution in [2.45, 2.75) is 23.8 Å². The van der Waals surface area contributed by atoms with Gasteiger partial charge in [-0.15, -0.1) is 0 Å². The van der Waals surface area contributed by atoms with Crippen molar-refractivity contribution in [3.63, 3.8) is 0 Å². The van der Waals surface area contributed by atoms with E-state index < -0.39 is 9.84 Å². The number of rotatable bonds is 5. The Morgan fingerprint density at radius 3 is 2.59 bits per heavy atom. The molecule has 0 unspecified atom stereocenters. The van der Waals surface area contributed by atoms with Crippen molar-refractivity contribution in [3.05, 3.63) is 60.7 Å². The van der Waals surface area contributed by atoms with Crippen LogP contribution in [0.1, 0.15) is 18.4 Å². The van der Waals surface area contributed by atoms with Gasteiger partial charge in [-0.1, -0.05) is 6.07 Å². The molecule has 1 aliphatic rings. The molecule has 1 fully saturated rings. The van der Waals surface area contributed by atoms with Crippen LogP contribution in [0.3, 0.4) is 0 Å². The largest absolute Gasteiger partial charge is 0.508 e. The summed E-state index contributed by atoms with van der Waals surface area (Å²) in [6, 6.07) is 8.95. The average molecular weight is 408 g/mol. The maximum atomic E-state index is 12.4. The van der Waals surface area contributed by atoms with E-state index in [0.29, 0.717) is 5.56 Å². The summed E-state index contributed by atoms with van der Waals surface area (Å²) in [6.07, 6.45) is 8.87. The lowest BCUT2D eigenvalue weighted by Crippen LogP contribution is -2.09. The van der Waals surface area contributed by atoms with Gasteiger partial charge < -0.3 is 5.11 Å². The molecule has 3 aromatic heterocycles. The number of pyridine rings is 1. The molecule has 1 saturated carbocycles. The fraction of sp³-hybridized carbons (Fsp3) is 0.238. The Morgan fingerprint density at radius 1 is 1.03 bits per heavy atom. The molecule has 0 spiro atoms. The highest BCUT2D eigenvalue weighted by Crippen LogP contribution is 2.34. The molecule has 29 heavy (non-hydrogen) atoms. The van der Waals surface area contributed by atoms with Gasteiger partial charge in [0.15, 0.2) is 9.84 Å². The van der Waals surface area contributed by atoms with E-state index in [2.05, 4.69) is 10.2 Å². The van der Waals surface area contributed by atoms with Crippen LogP contribution in [0.2, 0.25) is 0 Å². The Hall–Kier alpha value is -3.13. The smallest absolute Gasteiger partial charge is 0.157 e. The fourth-order valence-electron chi connectivity index (χ4n) is 3.64. The molecule has 0 aliphatic heterocycles. The Balaban J connectivity index is 1.53. The minimum Gasteiger partial charge on any atom is -0.508 e. The molecule has 0 amide bonds. The molecule has 1 N–H and O–H groups in total. The van der Waals surface area contributed by atoms with Gasteiger partial charge in [-0.05, 0) is 48.2 Å². The number of phenols is 1. The first-order valence-electron chi connectivity index (χ1n) is 9.40. The van der Waals surface area contributed by atoms with Crippen LogP contribution < -0.4 is 0 Å². The normalized spacial score (nSPS) is 14.5. The van der Waals surface area contributed by atoms with Gasteiger partial charge >= 0.3 is 0 Å². The number of aromatic nitrogens is 4. The minimum absolute atomic E-state index is 0.0508. The zero-order valence-corrected chi connectivity index (χ0v) is 16.7. The molecule has 4 aromatic rings. The quantitative estimate of drug-likeness (QED) is 0.548. The molecule has 0 atom stereocenters. The summed E-state index contributed by atoms with van der Waals surface area (Å²) in [7, 11) is -1.29. The van der Waals surface area contributed by atoms with Crippen LogP contribution in [0.15, 0.2) is 55.1 Å². The highest BCUT2D eigenvalue weighted by molar-refractivity contribution is 7.91. The first-order chi connectivity index (χ1) is 13.9. The summed E-state index contributed by atoms with van der Waals surface area (Å²) in [4.78, 5) is 0. The van der Waals surface area contributed by atoms with Crippen LogP contribution >= 0.6 is 0 Å². The molecule has 148 valence electrons. The maximum Gasteiger partial charge on any atom is 0.157 e. The number of fused-ring (bicyclic) bond motifs is 1. The van der Waals surface area contributed by atoms with E-state index in [1.165, 1.54) is 6.07 Å². The standard InChI is InChI=1S/C21H20N4O3S/c1-24-11-17(9-22-24)15-2-5-21-20(10-23-25(21)12-15)16-6-14(7-18(26)8-16)13-29(27,28)19-3-4-19/h2,5-12,19,26H,3-4,13H2,1H3. The highest BCUT2D eigenvalue weighted by atomic mass is 32.2. The Bertz CT molecular complexity index is 1330. The fourth-order valence-corrected chi connectivity index (χ4v) is 5.36. The first-order valence-corrected chi connectivity index (χ1v) is 11.1. The van der Waals surface area contributed by atoms with Gasteiger partial charge in [0.25, 0.3) is 0 Å². The molecule has 0 radical (unpaired) electrons. The van der Waals surface area contributed by atoms with Crippen LogP contribution in [-0.2, 0) is 22.6 Å². The second-order valence-electron chi connectivity index (χ2n) is 7.60. The molecule has 0 saturated heterocycles. The van der Waals surface area contributed by atoms with Crippen LogP contribution in [-0.4, -0.2) is 38.2 Å². The van der Waals surface area contributed by atoms with E-state index in [-0.39, 0.29) is 16.8 Å². The summed E-state index contributed by atoms with van der Waals surface area (Å²) in [5.74, 6) is -0.00138. The molecule has 7 nitrogen and oxygen atoms in total. The third-order valence-electron chi connectivity index (χ3n) is 5.24. The monoisotopic (exact) mass is 408 g/mol. The van der Waals surface area contributed by atoms with E-state index in [1.807, 2.05) is 37.6 Å². The van der Waals surface area contributed by atoms with E-state index in [0.717, 1.165) is 40.6 Å². The second-order valence-corrected chi connectivity index (χ2v) is 9.88. The second kappa shape index (κ2) is 6.45. The summed E-state index contributed by atoms with van der Waals surface area (Å²) >= 11 is 0.